The quantitative estimate of drug-likeness (QED) is 0.444. The second-order valence-electron chi connectivity index (χ2n) is 6.95. The van der Waals surface area contributed by atoms with E-state index in [2.05, 4.69) is 18.2 Å². The Bertz CT molecular complexity index is 1340. The van der Waals surface area contributed by atoms with Crippen molar-refractivity contribution in [3.63, 3.8) is 0 Å². The summed E-state index contributed by atoms with van der Waals surface area (Å²) in [6.45, 7) is 0. The van der Waals surface area contributed by atoms with E-state index in [1.54, 1.807) is 7.11 Å². The molecule has 2 heterocycles. The van der Waals surface area contributed by atoms with Crippen LogP contribution in [-0.2, 0) is 12.8 Å². The molecule has 1 aliphatic rings. The van der Waals surface area contributed by atoms with Crippen molar-refractivity contribution in [1.29, 1.82) is 5.26 Å². The minimum atomic E-state index is 0.484. The number of nitrogen functional groups attached to an aromatic ring is 1. The normalized spacial score (nSPS) is 12.3. The van der Waals surface area contributed by atoms with Gasteiger partial charge in [0, 0.05) is 27.1 Å². The van der Waals surface area contributed by atoms with Crippen molar-refractivity contribution in [2.45, 2.75) is 12.8 Å². The summed E-state index contributed by atoms with van der Waals surface area (Å²) in [6.07, 6.45) is 1.69. The molecular formula is C23H16ClN3OS. The molecule has 0 aliphatic heterocycles. The molecule has 0 bridgehead atoms. The molecular weight excluding hydrogens is 402 g/mol. The molecule has 0 saturated carbocycles. The van der Waals surface area contributed by atoms with Crippen LogP contribution in [0.1, 0.15) is 16.0 Å². The summed E-state index contributed by atoms with van der Waals surface area (Å²) in [5.74, 6) is 0.840. The van der Waals surface area contributed by atoms with Crippen LogP contribution in [0.15, 0.2) is 42.5 Å². The minimum Gasteiger partial charge on any atom is -0.497 e. The lowest BCUT2D eigenvalue weighted by atomic mass is 9.83. The summed E-state index contributed by atoms with van der Waals surface area (Å²) in [7, 11) is 1.67. The van der Waals surface area contributed by atoms with Gasteiger partial charge >= 0.3 is 0 Å². The number of methoxy groups -OCH3 is 1. The van der Waals surface area contributed by atoms with E-state index in [-0.39, 0.29) is 0 Å². The summed E-state index contributed by atoms with van der Waals surface area (Å²) < 4.78 is 5.39. The van der Waals surface area contributed by atoms with Crippen molar-refractivity contribution in [2.75, 3.05) is 12.8 Å². The Balaban J connectivity index is 1.91. The standard InChI is InChI=1S/C23H16ClN3OS/c1-28-13-7-9-14-12(10-13)6-8-16-19(15-4-2-3-5-17(15)24)20-21(26)18(11-25)29-23(20)27-22(14)16/h2-5,7,9-10H,6,8,26H2,1H3. The average Bonchev–Trinajstić information content (AvgIpc) is 3.07. The summed E-state index contributed by atoms with van der Waals surface area (Å²) >= 11 is 7.92. The molecule has 0 amide bonds. The monoisotopic (exact) mass is 417 g/mol. The molecule has 1 aliphatic carbocycles. The van der Waals surface area contributed by atoms with Crippen LogP contribution in [0.25, 0.3) is 32.6 Å². The van der Waals surface area contributed by atoms with Gasteiger partial charge in [-0.1, -0.05) is 29.8 Å². The van der Waals surface area contributed by atoms with Gasteiger partial charge < -0.3 is 10.5 Å². The van der Waals surface area contributed by atoms with E-state index in [1.807, 2.05) is 30.3 Å². The Morgan fingerprint density at radius 3 is 2.76 bits per heavy atom. The fourth-order valence-corrected chi connectivity index (χ4v) is 5.23. The molecule has 0 radical (unpaired) electrons. The van der Waals surface area contributed by atoms with Crippen LogP contribution in [0, 0.1) is 11.3 Å². The van der Waals surface area contributed by atoms with Crippen LogP contribution in [0.4, 0.5) is 5.69 Å². The fraction of sp³-hybridized carbons (Fsp3) is 0.130. The largest absolute Gasteiger partial charge is 0.497 e. The Morgan fingerprint density at radius 2 is 2.00 bits per heavy atom. The molecule has 0 atom stereocenters. The van der Waals surface area contributed by atoms with Gasteiger partial charge in [0.15, 0.2) is 0 Å². The molecule has 2 N–H and O–H groups in total. The molecule has 29 heavy (non-hydrogen) atoms. The van der Waals surface area contributed by atoms with Gasteiger partial charge in [0.05, 0.1) is 18.5 Å². The Labute approximate surface area is 177 Å². The first-order valence-corrected chi connectivity index (χ1v) is 10.4. The van der Waals surface area contributed by atoms with Crippen molar-refractivity contribution in [3.05, 3.63) is 63.5 Å². The summed E-state index contributed by atoms with van der Waals surface area (Å²) in [5.41, 5.74) is 13.1. The van der Waals surface area contributed by atoms with Crippen molar-refractivity contribution in [3.8, 4) is 34.2 Å². The van der Waals surface area contributed by atoms with Gasteiger partial charge in [-0.15, -0.1) is 11.3 Å². The lowest BCUT2D eigenvalue weighted by molar-refractivity contribution is 0.414. The molecule has 0 fully saturated rings. The first-order chi connectivity index (χ1) is 14.1. The van der Waals surface area contributed by atoms with E-state index in [4.69, 9.17) is 27.1 Å². The number of ether oxygens (including phenoxy) is 1. The Morgan fingerprint density at radius 1 is 1.17 bits per heavy atom. The molecule has 0 unspecified atom stereocenters. The highest BCUT2D eigenvalue weighted by Gasteiger charge is 2.27. The van der Waals surface area contributed by atoms with Gasteiger partial charge in [-0.2, -0.15) is 5.26 Å². The smallest absolute Gasteiger partial charge is 0.130 e. The van der Waals surface area contributed by atoms with Gasteiger partial charge in [0.25, 0.3) is 0 Å². The van der Waals surface area contributed by atoms with Crippen molar-refractivity contribution < 1.29 is 4.74 Å². The number of thiophene rings is 1. The third-order valence-corrected chi connectivity index (χ3v) is 6.77. The molecule has 5 rings (SSSR count). The number of aryl methyl sites for hydroxylation is 1. The number of hydrogen-bond acceptors (Lipinski definition) is 5. The number of halogens is 1. The highest BCUT2D eigenvalue weighted by molar-refractivity contribution is 7.20. The van der Waals surface area contributed by atoms with E-state index in [1.165, 1.54) is 16.9 Å². The average molecular weight is 418 g/mol. The number of fused-ring (bicyclic) bond motifs is 4. The van der Waals surface area contributed by atoms with E-state index < -0.39 is 0 Å². The lowest BCUT2D eigenvalue weighted by Gasteiger charge is -2.23. The fourth-order valence-electron chi connectivity index (χ4n) is 4.10. The first-order valence-electron chi connectivity index (χ1n) is 9.19. The molecule has 6 heteroatoms. The van der Waals surface area contributed by atoms with E-state index in [0.717, 1.165) is 56.8 Å². The van der Waals surface area contributed by atoms with E-state index in [9.17, 15) is 5.26 Å². The molecule has 2 aromatic carbocycles. The van der Waals surface area contributed by atoms with Crippen molar-refractivity contribution in [1.82, 2.24) is 4.98 Å². The van der Waals surface area contributed by atoms with Gasteiger partial charge in [0.2, 0.25) is 0 Å². The van der Waals surface area contributed by atoms with Crippen LogP contribution in [0.2, 0.25) is 5.02 Å². The van der Waals surface area contributed by atoms with Crippen LogP contribution in [0.3, 0.4) is 0 Å². The number of hydrogen-bond donors (Lipinski definition) is 1. The third kappa shape index (κ3) is 2.68. The zero-order valence-corrected chi connectivity index (χ0v) is 17.2. The van der Waals surface area contributed by atoms with Crippen molar-refractivity contribution >= 4 is 38.8 Å². The molecule has 4 nitrogen and oxygen atoms in total. The van der Waals surface area contributed by atoms with Crippen LogP contribution in [-0.4, -0.2) is 12.1 Å². The predicted octanol–water partition coefficient (Wildman–Crippen LogP) is 5.84. The second kappa shape index (κ2) is 6.77. The van der Waals surface area contributed by atoms with E-state index >= 15 is 0 Å². The number of benzene rings is 2. The molecule has 4 aromatic rings. The number of pyridine rings is 1. The molecule has 2 aromatic heterocycles. The maximum Gasteiger partial charge on any atom is 0.130 e. The van der Waals surface area contributed by atoms with Crippen LogP contribution >= 0.6 is 22.9 Å². The number of anilines is 1. The summed E-state index contributed by atoms with van der Waals surface area (Å²) in [4.78, 5) is 6.21. The SMILES string of the molecule is COc1ccc2c(c1)CCc1c-2nc2sc(C#N)c(N)c2c1-c1ccccc1Cl. The Kier molecular flexibility index (Phi) is 4.20. The number of aromatic nitrogens is 1. The zero-order chi connectivity index (χ0) is 20.1. The van der Waals surface area contributed by atoms with Crippen LogP contribution in [0.5, 0.6) is 5.75 Å². The van der Waals surface area contributed by atoms with Gasteiger partial charge in [0.1, 0.15) is 21.5 Å². The topological polar surface area (TPSA) is 71.9 Å². The highest BCUT2D eigenvalue weighted by atomic mass is 35.5. The van der Waals surface area contributed by atoms with Gasteiger partial charge in [-0.25, -0.2) is 4.98 Å². The van der Waals surface area contributed by atoms with E-state index in [0.29, 0.717) is 15.6 Å². The number of nitrogens with zero attached hydrogens (tertiary/aromatic N) is 2. The number of nitrogens with two attached hydrogens (primary N) is 1. The van der Waals surface area contributed by atoms with Crippen LogP contribution < -0.4 is 10.5 Å². The third-order valence-electron chi connectivity index (χ3n) is 5.43. The summed E-state index contributed by atoms with van der Waals surface area (Å²) in [6, 6.07) is 16.1. The second-order valence-corrected chi connectivity index (χ2v) is 8.36. The number of rotatable bonds is 2. The minimum absolute atomic E-state index is 0.484. The summed E-state index contributed by atoms with van der Waals surface area (Å²) in [5, 5.41) is 11.0. The van der Waals surface area contributed by atoms with Crippen molar-refractivity contribution in [2.24, 2.45) is 0 Å². The Hall–Kier alpha value is -3.07. The zero-order valence-electron chi connectivity index (χ0n) is 15.6. The number of nitriles is 1. The molecule has 0 spiro atoms. The highest BCUT2D eigenvalue weighted by Crippen LogP contribution is 2.48. The first kappa shape index (κ1) is 18.0. The molecule has 0 saturated heterocycles. The van der Waals surface area contributed by atoms with Gasteiger partial charge in [-0.05, 0) is 48.2 Å². The lowest BCUT2D eigenvalue weighted by Crippen LogP contribution is -2.08. The maximum atomic E-state index is 9.53. The maximum absolute atomic E-state index is 9.53. The van der Waals surface area contributed by atoms with Gasteiger partial charge in [-0.3, -0.25) is 0 Å². The molecule has 142 valence electrons. The predicted molar refractivity (Wildman–Crippen MR) is 119 cm³/mol.